The second-order valence-electron chi connectivity index (χ2n) is 6.03. The highest BCUT2D eigenvalue weighted by Gasteiger charge is 2.11. The summed E-state index contributed by atoms with van der Waals surface area (Å²) >= 11 is 0. The molecule has 0 spiro atoms. The summed E-state index contributed by atoms with van der Waals surface area (Å²) in [6.45, 7) is 6.62. The van der Waals surface area contributed by atoms with Crippen LogP contribution in [0.2, 0.25) is 0 Å². The highest BCUT2D eigenvalue weighted by molar-refractivity contribution is 7.93. The molecule has 0 nitrogen and oxygen atoms in total. The SMILES string of the molecule is Cc1cc(C)c(P=CP(c2ccccc2)c2ccccc2)c(C)c1. The summed E-state index contributed by atoms with van der Waals surface area (Å²) in [5, 5.41) is 4.27. The van der Waals surface area contributed by atoms with Gasteiger partial charge in [0.1, 0.15) is 0 Å². The summed E-state index contributed by atoms with van der Waals surface area (Å²) < 4.78 is 0. The van der Waals surface area contributed by atoms with Gasteiger partial charge in [-0.2, -0.15) is 0 Å². The molecular formula is C22H22P2. The van der Waals surface area contributed by atoms with Crippen LogP contribution in [0.4, 0.5) is 0 Å². The predicted octanol–water partition coefficient (Wildman–Crippen LogP) is 5.08. The Bertz CT molecular complexity index is 774. The molecule has 0 aliphatic heterocycles. The summed E-state index contributed by atoms with van der Waals surface area (Å²) in [5.41, 5.74) is 6.62. The minimum absolute atomic E-state index is 0.444. The molecule has 120 valence electrons. The van der Waals surface area contributed by atoms with Gasteiger partial charge in [0.2, 0.25) is 0 Å². The largest absolute Gasteiger partial charge is 0.0667 e. The van der Waals surface area contributed by atoms with Crippen molar-refractivity contribution in [1.82, 2.24) is 0 Å². The molecule has 0 saturated heterocycles. The van der Waals surface area contributed by atoms with Gasteiger partial charge in [0.05, 0.1) is 0 Å². The number of hydrogen-bond donors (Lipinski definition) is 0. The van der Waals surface area contributed by atoms with Crippen molar-refractivity contribution < 1.29 is 0 Å². The topological polar surface area (TPSA) is 0 Å². The molecule has 0 aromatic heterocycles. The molecule has 0 heterocycles. The third-order valence-corrected chi connectivity index (χ3v) is 8.06. The maximum absolute atomic E-state index is 2.49. The lowest BCUT2D eigenvalue weighted by Gasteiger charge is -2.15. The number of aryl methyl sites for hydroxylation is 3. The van der Waals surface area contributed by atoms with Crippen molar-refractivity contribution in [3.8, 4) is 0 Å². The van der Waals surface area contributed by atoms with Gasteiger partial charge in [0, 0.05) is 5.30 Å². The molecule has 0 aliphatic carbocycles. The third-order valence-electron chi connectivity index (χ3n) is 4.01. The lowest BCUT2D eigenvalue weighted by Crippen LogP contribution is -2.12. The fourth-order valence-corrected chi connectivity index (χ4v) is 6.76. The summed E-state index contributed by atoms with van der Waals surface area (Å²) in [5.74, 6) is 0. The van der Waals surface area contributed by atoms with Crippen molar-refractivity contribution in [1.29, 1.82) is 0 Å². The van der Waals surface area contributed by atoms with E-state index in [1.807, 2.05) is 0 Å². The van der Waals surface area contributed by atoms with Gasteiger partial charge in [-0.1, -0.05) is 86.6 Å². The smallest absolute Gasteiger partial charge is 0.00769 e. The van der Waals surface area contributed by atoms with Gasteiger partial charge < -0.3 is 0 Å². The van der Waals surface area contributed by atoms with Gasteiger partial charge in [0.25, 0.3) is 0 Å². The predicted molar refractivity (Wildman–Crippen MR) is 112 cm³/mol. The number of hydrogen-bond acceptors (Lipinski definition) is 0. The van der Waals surface area contributed by atoms with Crippen molar-refractivity contribution in [3.05, 3.63) is 89.5 Å². The Hall–Kier alpha value is -1.74. The van der Waals surface area contributed by atoms with Crippen LogP contribution in [0.5, 0.6) is 0 Å². The van der Waals surface area contributed by atoms with Crippen LogP contribution in [-0.4, -0.2) is 5.54 Å². The van der Waals surface area contributed by atoms with E-state index in [2.05, 4.69) is 99.1 Å². The minimum atomic E-state index is -0.444. The Balaban J connectivity index is 2.02. The molecule has 3 aromatic rings. The van der Waals surface area contributed by atoms with Crippen molar-refractivity contribution >= 4 is 37.6 Å². The Morgan fingerprint density at radius 2 is 1.17 bits per heavy atom. The standard InChI is InChI=1S/C22H22P2/c1-17-14-18(2)22(19(3)15-17)23-16-24(20-10-6-4-7-11-20)21-12-8-5-9-13-21/h4-16H,1-3H3. The zero-order valence-electron chi connectivity index (χ0n) is 14.4. The van der Waals surface area contributed by atoms with Crippen LogP contribution < -0.4 is 15.9 Å². The Morgan fingerprint density at radius 1 is 0.708 bits per heavy atom. The van der Waals surface area contributed by atoms with Gasteiger partial charge >= 0.3 is 0 Å². The molecule has 0 saturated carbocycles. The van der Waals surface area contributed by atoms with Crippen LogP contribution in [0.15, 0.2) is 72.8 Å². The summed E-state index contributed by atoms with van der Waals surface area (Å²) in [4.78, 5) is 0. The van der Waals surface area contributed by atoms with E-state index in [1.165, 1.54) is 40.8 Å². The lowest BCUT2D eigenvalue weighted by molar-refractivity contribution is 1.36. The maximum Gasteiger partial charge on any atom is 0.00769 e. The second-order valence-corrected chi connectivity index (χ2v) is 9.43. The quantitative estimate of drug-likeness (QED) is 0.577. The monoisotopic (exact) mass is 348 g/mol. The average molecular weight is 348 g/mol. The molecule has 2 heteroatoms. The normalized spacial score (nSPS) is 11.3. The van der Waals surface area contributed by atoms with E-state index in [1.54, 1.807) is 0 Å². The Morgan fingerprint density at radius 3 is 1.62 bits per heavy atom. The molecule has 0 unspecified atom stereocenters. The van der Waals surface area contributed by atoms with Gasteiger partial charge in [-0.15, -0.1) is 0 Å². The van der Waals surface area contributed by atoms with Crippen LogP contribution in [0.25, 0.3) is 0 Å². The second kappa shape index (κ2) is 7.89. The van der Waals surface area contributed by atoms with Crippen molar-refractivity contribution in [3.63, 3.8) is 0 Å². The highest BCUT2D eigenvalue weighted by Crippen LogP contribution is 2.32. The minimum Gasteiger partial charge on any atom is -0.0667 e. The van der Waals surface area contributed by atoms with Gasteiger partial charge in [-0.25, -0.2) is 0 Å². The van der Waals surface area contributed by atoms with E-state index < -0.39 is 7.92 Å². The van der Waals surface area contributed by atoms with Crippen LogP contribution in [-0.2, 0) is 0 Å². The zero-order valence-corrected chi connectivity index (χ0v) is 16.2. The van der Waals surface area contributed by atoms with E-state index in [-0.39, 0.29) is 0 Å². The van der Waals surface area contributed by atoms with Crippen LogP contribution in [0, 0.1) is 20.8 Å². The fourth-order valence-electron chi connectivity index (χ4n) is 2.95. The molecule has 0 radical (unpaired) electrons. The molecule has 24 heavy (non-hydrogen) atoms. The van der Waals surface area contributed by atoms with E-state index in [9.17, 15) is 0 Å². The fraction of sp³-hybridized carbons (Fsp3) is 0.136. The van der Waals surface area contributed by atoms with E-state index >= 15 is 0 Å². The van der Waals surface area contributed by atoms with Gasteiger partial charge in [0.15, 0.2) is 0 Å². The molecule has 3 aromatic carbocycles. The Labute approximate surface area is 148 Å². The molecule has 0 amide bonds. The van der Waals surface area contributed by atoms with Gasteiger partial charge in [-0.3, -0.25) is 0 Å². The van der Waals surface area contributed by atoms with Crippen LogP contribution in [0.1, 0.15) is 16.7 Å². The molecular weight excluding hydrogens is 326 g/mol. The number of benzene rings is 3. The number of rotatable bonds is 4. The maximum atomic E-state index is 2.49. The first-order chi connectivity index (χ1) is 11.6. The third kappa shape index (κ3) is 4.02. The lowest BCUT2D eigenvalue weighted by atomic mass is 10.1. The van der Waals surface area contributed by atoms with Crippen molar-refractivity contribution in [2.45, 2.75) is 20.8 Å². The summed E-state index contributed by atoms with van der Waals surface area (Å²) in [7, 11) is 0.864. The highest BCUT2D eigenvalue weighted by atomic mass is 31.1. The molecule has 0 fully saturated rings. The first kappa shape index (κ1) is 17.1. The molecule has 3 rings (SSSR count). The molecule has 0 atom stereocenters. The summed E-state index contributed by atoms with van der Waals surface area (Å²) in [6.07, 6.45) is 0. The van der Waals surface area contributed by atoms with Crippen molar-refractivity contribution in [2.24, 2.45) is 0 Å². The van der Waals surface area contributed by atoms with Crippen LogP contribution >= 0.6 is 16.1 Å². The zero-order chi connectivity index (χ0) is 16.9. The average Bonchev–Trinajstić information content (AvgIpc) is 2.59. The molecule has 0 bridgehead atoms. The van der Waals surface area contributed by atoms with E-state index in [0.29, 0.717) is 0 Å². The molecule has 0 aliphatic rings. The Kier molecular flexibility index (Phi) is 5.62. The van der Waals surface area contributed by atoms with Crippen molar-refractivity contribution in [2.75, 3.05) is 0 Å². The van der Waals surface area contributed by atoms with E-state index in [4.69, 9.17) is 0 Å². The first-order valence-electron chi connectivity index (χ1n) is 8.16. The first-order valence-corrected chi connectivity index (χ1v) is 10.5. The van der Waals surface area contributed by atoms with Gasteiger partial charge in [-0.05, 0) is 56.0 Å². The summed E-state index contributed by atoms with van der Waals surface area (Å²) in [6, 6.07) is 26.3. The van der Waals surface area contributed by atoms with E-state index in [0.717, 1.165) is 0 Å². The van der Waals surface area contributed by atoms with Crippen LogP contribution in [0.3, 0.4) is 0 Å². The molecule has 0 N–H and O–H groups in total.